The summed E-state index contributed by atoms with van der Waals surface area (Å²) in [6, 6.07) is 7.03. The van der Waals surface area contributed by atoms with E-state index >= 15 is 0 Å². The van der Waals surface area contributed by atoms with Crippen molar-refractivity contribution in [3.8, 4) is 11.3 Å². The van der Waals surface area contributed by atoms with Gasteiger partial charge in [0.2, 0.25) is 0 Å². The van der Waals surface area contributed by atoms with Gasteiger partial charge in [-0.25, -0.2) is 4.79 Å². The summed E-state index contributed by atoms with van der Waals surface area (Å²) in [4.78, 5) is 12.3. The molecule has 0 atom stereocenters. The molecule has 0 amide bonds. The molecule has 0 saturated heterocycles. The normalized spacial score (nSPS) is 11.5. The Morgan fingerprint density at radius 1 is 1.19 bits per heavy atom. The Morgan fingerprint density at radius 3 is 2.43 bits per heavy atom. The van der Waals surface area contributed by atoms with Crippen LogP contribution < -0.4 is 0 Å². The number of carbonyl (C=O) groups is 1. The summed E-state index contributed by atoms with van der Waals surface area (Å²) < 4.78 is 7.61. The Hall–Kier alpha value is -0.970. The van der Waals surface area contributed by atoms with Crippen molar-refractivity contribution < 1.29 is 9.53 Å². The van der Waals surface area contributed by atoms with Gasteiger partial charge >= 0.3 is 6.09 Å². The molecule has 112 valence electrons. The highest BCUT2D eigenvalue weighted by Crippen LogP contribution is 2.31. The van der Waals surface area contributed by atoms with Gasteiger partial charge in [-0.15, -0.1) is 0 Å². The fraction of sp³-hybridized carbons (Fsp3) is 0.267. The van der Waals surface area contributed by atoms with Gasteiger partial charge in [-0.2, -0.15) is 0 Å². The van der Waals surface area contributed by atoms with Crippen molar-refractivity contribution in [2.75, 3.05) is 0 Å². The molecule has 2 rings (SSSR count). The Balaban J connectivity index is 2.45. The van der Waals surface area contributed by atoms with Crippen LogP contribution in [0.15, 0.2) is 34.9 Å². The monoisotopic (exact) mass is 389 g/mol. The van der Waals surface area contributed by atoms with E-state index in [-0.39, 0.29) is 0 Å². The van der Waals surface area contributed by atoms with E-state index in [2.05, 4.69) is 15.9 Å². The topological polar surface area (TPSA) is 31.2 Å². The predicted molar refractivity (Wildman–Crippen MR) is 89.2 cm³/mol. The molecule has 0 fully saturated rings. The third-order valence-corrected chi connectivity index (χ3v) is 3.76. The molecule has 0 aliphatic rings. The number of carbonyl (C=O) groups excluding carboxylic acids is 1. The van der Waals surface area contributed by atoms with E-state index < -0.39 is 11.7 Å². The standard InChI is InChI=1S/C15H14BrCl2NO2/c1-15(2,3)21-14(20)19-8-10(16)7-13(19)9-4-5-11(17)12(18)6-9/h4-8H,1-3H3. The lowest BCUT2D eigenvalue weighted by Crippen LogP contribution is -2.27. The van der Waals surface area contributed by atoms with Gasteiger partial charge in [-0.1, -0.05) is 29.3 Å². The van der Waals surface area contributed by atoms with E-state index in [0.29, 0.717) is 15.7 Å². The summed E-state index contributed by atoms with van der Waals surface area (Å²) in [6.07, 6.45) is 1.21. The first-order chi connectivity index (χ1) is 9.67. The molecule has 21 heavy (non-hydrogen) atoms. The van der Waals surface area contributed by atoms with E-state index in [1.807, 2.05) is 26.8 Å². The van der Waals surface area contributed by atoms with Crippen molar-refractivity contribution in [1.82, 2.24) is 4.57 Å². The highest BCUT2D eigenvalue weighted by molar-refractivity contribution is 9.10. The van der Waals surface area contributed by atoms with Crippen LogP contribution in [-0.4, -0.2) is 16.3 Å². The largest absolute Gasteiger partial charge is 0.443 e. The summed E-state index contributed by atoms with van der Waals surface area (Å²) in [7, 11) is 0. The zero-order valence-corrected chi connectivity index (χ0v) is 14.9. The Bertz CT molecular complexity index is 689. The SMILES string of the molecule is CC(C)(C)OC(=O)n1cc(Br)cc1-c1ccc(Cl)c(Cl)c1. The minimum atomic E-state index is -0.567. The van der Waals surface area contributed by atoms with Crippen LogP contribution in [0.3, 0.4) is 0 Å². The molecule has 0 radical (unpaired) electrons. The second kappa shape index (κ2) is 6.03. The quantitative estimate of drug-likeness (QED) is 0.597. The van der Waals surface area contributed by atoms with E-state index in [9.17, 15) is 4.79 Å². The minimum Gasteiger partial charge on any atom is -0.443 e. The highest BCUT2D eigenvalue weighted by atomic mass is 79.9. The summed E-state index contributed by atoms with van der Waals surface area (Å²) in [5.74, 6) is 0. The lowest BCUT2D eigenvalue weighted by Gasteiger charge is -2.20. The zero-order chi connectivity index (χ0) is 15.8. The molecule has 6 heteroatoms. The van der Waals surface area contributed by atoms with Gasteiger partial charge in [-0.3, -0.25) is 4.57 Å². The summed E-state index contributed by atoms with van der Waals surface area (Å²) in [5.41, 5.74) is 0.888. The van der Waals surface area contributed by atoms with Crippen LogP contribution in [0.2, 0.25) is 10.0 Å². The molecule has 1 aromatic heterocycles. The molecule has 1 heterocycles. The number of aromatic nitrogens is 1. The van der Waals surface area contributed by atoms with Gasteiger partial charge in [0.15, 0.2) is 0 Å². The van der Waals surface area contributed by atoms with Gasteiger partial charge in [0.05, 0.1) is 15.7 Å². The van der Waals surface area contributed by atoms with Crippen molar-refractivity contribution in [2.24, 2.45) is 0 Å². The van der Waals surface area contributed by atoms with Crippen molar-refractivity contribution in [2.45, 2.75) is 26.4 Å². The number of halogens is 3. The number of rotatable bonds is 1. The number of benzene rings is 1. The molecule has 2 aromatic rings. The van der Waals surface area contributed by atoms with Gasteiger partial charge in [0.1, 0.15) is 5.60 Å². The molecule has 1 aromatic carbocycles. The van der Waals surface area contributed by atoms with Crippen molar-refractivity contribution in [3.05, 3.63) is 45.0 Å². The second-order valence-corrected chi connectivity index (χ2v) is 7.25. The van der Waals surface area contributed by atoms with E-state index in [4.69, 9.17) is 27.9 Å². The van der Waals surface area contributed by atoms with Crippen LogP contribution in [-0.2, 0) is 4.74 Å². The second-order valence-electron chi connectivity index (χ2n) is 5.52. The number of nitrogens with zero attached hydrogens (tertiary/aromatic N) is 1. The molecular weight excluding hydrogens is 377 g/mol. The summed E-state index contributed by atoms with van der Waals surface area (Å²) in [5, 5.41) is 0.900. The first-order valence-electron chi connectivity index (χ1n) is 6.24. The van der Waals surface area contributed by atoms with Gasteiger partial charge in [-0.05, 0) is 54.9 Å². The van der Waals surface area contributed by atoms with Gasteiger partial charge < -0.3 is 4.74 Å². The maximum Gasteiger partial charge on any atom is 0.419 e. The molecule has 0 aliphatic heterocycles. The number of hydrogen-bond acceptors (Lipinski definition) is 2. The van der Waals surface area contributed by atoms with Gasteiger partial charge in [0, 0.05) is 16.2 Å². The maximum absolute atomic E-state index is 12.3. The van der Waals surface area contributed by atoms with Crippen LogP contribution in [0.4, 0.5) is 4.79 Å². The van der Waals surface area contributed by atoms with E-state index in [1.54, 1.807) is 24.4 Å². The van der Waals surface area contributed by atoms with Crippen molar-refractivity contribution >= 4 is 45.2 Å². The lowest BCUT2D eigenvalue weighted by molar-refractivity contribution is 0.0540. The highest BCUT2D eigenvalue weighted by Gasteiger charge is 2.21. The van der Waals surface area contributed by atoms with Crippen LogP contribution in [0.5, 0.6) is 0 Å². The molecule has 0 aliphatic carbocycles. The third kappa shape index (κ3) is 4.02. The summed E-state index contributed by atoms with van der Waals surface area (Å²) >= 11 is 15.3. The first kappa shape index (κ1) is 16.4. The smallest absolute Gasteiger partial charge is 0.419 e. The molecular formula is C15H14BrCl2NO2. The Labute approximate surface area is 141 Å². The molecule has 0 spiro atoms. The Kier molecular flexibility index (Phi) is 4.71. The number of ether oxygens (including phenoxy) is 1. The summed E-state index contributed by atoms with van der Waals surface area (Å²) in [6.45, 7) is 5.47. The third-order valence-electron chi connectivity index (χ3n) is 2.59. The Morgan fingerprint density at radius 2 is 1.86 bits per heavy atom. The van der Waals surface area contributed by atoms with Gasteiger partial charge in [0.25, 0.3) is 0 Å². The van der Waals surface area contributed by atoms with Crippen LogP contribution in [0.25, 0.3) is 11.3 Å². The first-order valence-corrected chi connectivity index (χ1v) is 7.79. The molecule has 0 saturated carbocycles. The van der Waals surface area contributed by atoms with E-state index in [1.165, 1.54) is 4.57 Å². The molecule has 0 bridgehead atoms. The predicted octanol–water partition coefficient (Wildman–Crippen LogP) is 6.01. The van der Waals surface area contributed by atoms with E-state index in [0.717, 1.165) is 10.0 Å². The van der Waals surface area contributed by atoms with Crippen LogP contribution in [0.1, 0.15) is 20.8 Å². The van der Waals surface area contributed by atoms with Crippen molar-refractivity contribution in [1.29, 1.82) is 0 Å². The average molecular weight is 391 g/mol. The molecule has 0 N–H and O–H groups in total. The molecule has 3 nitrogen and oxygen atoms in total. The van der Waals surface area contributed by atoms with Crippen molar-refractivity contribution in [3.63, 3.8) is 0 Å². The molecule has 0 unspecified atom stereocenters. The zero-order valence-electron chi connectivity index (χ0n) is 11.8. The maximum atomic E-state index is 12.3. The lowest BCUT2D eigenvalue weighted by atomic mass is 10.1. The number of hydrogen-bond donors (Lipinski definition) is 0. The van der Waals surface area contributed by atoms with Crippen LogP contribution in [0, 0.1) is 0 Å². The average Bonchev–Trinajstić information content (AvgIpc) is 2.73. The fourth-order valence-electron chi connectivity index (χ4n) is 1.77. The minimum absolute atomic E-state index is 0.433. The van der Waals surface area contributed by atoms with Crippen LogP contribution >= 0.6 is 39.1 Å². The fourth-order valence-corrected chi connectivity index (χ4v) is 2.49.